The summed E-state index contributed by atoms with van der Waals surface area (Å²) in [5, 5.41) is 27.4. The Morgan fingerprint density at radius 3 is 2.65 bits per heavy atom. The molecule has 126 valence electrons. The third-order valence-corrected chi connectivity index (χ3v) is 3.43. The molecule has 2 atom stereocenters. The minimum Gasteiger partial charge on any atom is -0.362 e. The van der Waals surface area contributed by atoms with Gasteiger partial charge in [0.05, 0.1) is 4.92 Å². The maximum atomic E-state index is 13.0. The molecule has 0 unspecified atom stereocenters. The third-order valence-electron chi connectivity index (χ3n) is 3.43. The molecule has 0 aromatic carbocycles. The summed E-state index contributed by atoms with van der Waals surface area (Å²) in [7, 11) is 0. The number of carbonyl (C=O) groups is 1. The number of hydrazone groups is 1. The number of alkyl halides is 3. The quantitative estimate of drug-likeness (QED) is 0.657. The van der Waals surface area contributed by atoms with Crippen LogP contribution in [0.25, 0.3) is 0 Å². The highest BCUT2D eigenvalue weighted by atomic mass is 19.4. The monoisotopic (exact) mass is 335 g/mol. The average molecular weight is 335 g/mol. The molecule has 1 amide bonds. The van der Waals surface area contributed by atoms with E-state index in [1.807, 2.05) is 0 Å². The Kier molecular flexibility index (Phi) is 3.88. The molecule has 9 nitrogen and oxygen atoms in total. The molecule has 0 radical (unpaired) electrons. The number of halogens is 3. The average Bonchev–Trinajstić information content (AvgIpc) is 3.00. The van der Waals surface area contributed by atoms with E-state index < -0.39 is 35.2 Å². The Morgan fingerprint density at radius 1 is 1.57 bits per heavy atom. The first-order chi connectivity index (χ1) is 10.5. The molecule has 0 bridgehead atoms. The van der Waals surface area contributed by atoms with Gasteiger partial charge in [-0.15, -0.1) is 0 Å². The second-order valence-electron chi connectivity index (χ2n) is 4.98. The second kappa shape index (κ2) is 5.30. The smallest absolute Gasteiger partial charge is 0.362 e. The van der Waals surface area contributed by atoms with Crippen LogP contribution in [-0.2, 0) is 4.79 Å². The van der Waals surface area contributed by atoms with Gasteiger partial charge in [0.15, 0.2) is 0 Å². The summed E-state index contributed by atoms with van der Waals surface area (Å²) in [6, 6.07) is -1.33. The summed E-state index contributed by atoms with van der Waals surface area (Å²) in [6.45, 7) is 2.52. The van der Waals surface area contributed by atoms with E-state index >= 15 is 0 Å². The topological polar surface area (TPSA) is 114 Å². The molecule has 0 saturated heterocycles. The van der Waals surface area contributed by atoms with Crippen molar-refractivity contribution in [1.29, 1.82) is 0 Å². The molecule has 1 aliphatic rings. The van der Waals surface area contributed by atoms with Gasteiger partial charge in [-0.05, 0) is 13.8 Å². The zero-order chi connectivity index (χ0) is 17.6. The Labute approximate surface area is 127 Å². The summed E-state index contributed by atoms with van der Waals surface area (Å²) >= 11 is 0. The number of hydrogen-bond acceptors (Lipinski definition) is 6. The van der Waals surface area contributed by atoms with Crippen LogP contribution in [-0.4, -0.2) is 48.8 Å². The first kappa shape index (κ1) is 16.9. The molecule has 2 rings (SSSR count). The van der Waals surface area contributed by atoms with Crippen molar-refractivity contribution in [3.63, 3.8) is 0 Å². The Balaban J connectivity index is 2.31. The molecule has 2 heterocycles. The minimum atomic E-state index is -5.11. The van der Waals surface area contributed by atoms with Crippen molar-refractivity contribution in [3.05, 3.63) is 22.0 Å². The van der Waals surface area contributed by atoms with Crippen LogP contribution in [0.4, 0.5) is 18.9 Å². The van der Waals surface area contributed by atoms with E-state index in [2.05, 4.69) is 10.2 Å². The number of nitrogens with zero attached hydrogens (tertiary/aromatic N) is 5. The summed E-state index contributed by atoms with van der Waals surface area (Å²) < 4.78 is 39.7. The largest absolute Gasteiger partial charge is 0.438 e. The molecule has 0 aliphatic carbocycles. The molecular formula is C11H12F3N5O4. The van der Waals surface area contributed by atoms with Crippen LogP contribution in [0.2, 0.25) is 0 Å². The number of hydrogen-bond donors (Lipinski definition) is 1. The number of amides is 1. The van der Waals surface area contributed by atoms with Crippen LogP contribution in [0.3, 0.4) is 0 Å². The van der Waals surface area contributed by atoms with Crippen LogP contribution in [0.15, 0.2) is 11.3 Å². The standard InChI is InChI=1S/C11H12F3N5O4/c1-6-8(19(22)23)5-17(16-6)7(2)9(20)18-10(21,3-4-15-18)11(12,13)14/h4-5,7,21H,3H2,1-2H3/t7-,10-/m0/s1. The molecule has 12 heteroatoms. The van der Waals surface area contributed by atoms with Crippen molar-refractivity contribution >= 4 is 17.8 Å². The van der Waals surface area contributed by atoms with Crippen LogP contribution in [0.5, 0.6) is 0 Å². The van der Waals surface area contributed by atoms with Crippen LogP contribution >= 0.6 is 0 Å². The number of nitro groups is 1. The molecule has 0 fully saturated rings. The highest BCUT2D eigenvalue weighted by Gasteiger charge is 2.62. The van der Waals surface area contributed by atoms with Gasteiger partial charge in [-0.2, -0.15) is 28.4 Å². The highest BCUT2D eigenvalue weighted by molar-refractivity contribution is 5.83. The highest BCUT2D eigenvalue weighted by Crippen LogP contribution is 2.39. The predicted octanol–water partition coefficient (Wildman–Crippen LogP) is 1.13. The predicted molar refractivity (Wildman–Crippen MR) is 69.3 cm³/mol. The van der Waals surface area contributed by atoms with Gasteiger partial charge in [-0.1, -0.05) is 0 Å². The van der Waals surface area contributed by atoms with Gasteiger partial charge in [-0.25, -0.2) is 0 Å². The fourth-order valence-corrected chi connectivity index (χ4v) is 2.05. The molecule has 1 aromatic rings. The van der Waals surface area contributed by atoms with Gasteiger partial charge in [0.25, 0.3) is 11.6 Å². The maximum absolute atomic E-state index is 13.0. The lowest BCUT2D eigenvalue weighted by Gasteiger charge is -2.33. The fourth-order valence-electron chi connectivity index (χ4n) is 2.05. The lowest BCUT2D eigenvalue weighted by Crippen LogP contribution is -2.57. The Hall–Kier alpha value is -2.50. The summed E-state index contributed by atoms with van der Waals surface area (Å²) in [5.41, 5.74) is -3.81. The van der Waals surface area contributed by atoms with Crippen molar-refractivity contribution in [1.82, 2.24) is 14.8 Å². The Morgan fingerprint density at radius 2 is 2.17 bits per heavy atom. The summed E-state index contributed by atoms with van der Waals surface area (Å²) in [6.07, 6.45) is -4.29. The van der Waals surface area contributed by atoms with E-state index in [9.17, 15) is 33.2 Å². The van der Waals surface area contributed by atoms with Crippen molar-refractivity contribution in [2.45, 2.75) is 38.2 Å². The lowest BCUT2D eigenvalue weighted by molar-refractivity contribution is -0.385. The zero-order valence-electron chi connectivity index (χ0n) is 12.0. The van der Waals surface area contributed by atoms with Crippen molar-refractivity contribution in [3.8, 4) is 0 Å². The van der Waals surface area contributed by atoms with Crippen LogP contribution < -0.4 is 0 Å². The van der Waals surface area contributed by atoms with Gasteiger partial charge < -0.3 is 5.11 Å². The SMILES string of the molecule is Cc1nn([C@@H](C)C(=O)N2N=CC[C@]2(O)C(F)(F)F)cc1[N+](=O)[O-]. The molecule has 1 aliphatic heterocycles. The summed E-state index contributed by atoms with van der Waals surface area (Å²) in [4.78, 5) is 22.3. The van der Waals surface area contributed by atoms with Crippen molar-refractivity contribution < 1.29 is 28.0 Å². The lowest BCUT2D eigenvalue weighted by atomic mass is 10.1. The first-order valence-electron chi connectivity index (χ1n) is 6.35. The molecule has 0 saturated carbocycles. The van der Waals surface area contributed by atoms with E-state index in [4.69, 9.17) is 0 Å². The maximum Gasteiger partial charge on any atom is 0.438 e. The summed E-state index contributed by atoms with van der Waals surface area (Å²) in [5.74, 6) is -1.20. The fraction of sp³-hybridized carbons (Fsp3) is 0.545. The van der Waals surface area contributed by atoms with Gasteiger partial charge in [0.1, 0.15) is 17.9 Å². The van der Waals surface area contributed by atoms with Crippen molar-refractivity contribution in [2.24, 2.45) is 5.10 Å². The van der Waals surface area contributed by atoms with Gasteiger partial charge in [-0.3, -0.25) is 19.6 Å². The molecular weight excluding hydrogens is 323 g/mol. The van der Waals surface area contributed by atoms with Gasteiger partial charge in [0, 0.05) is 12.6 Å². The molecule has 23 heavy (non-hydrogen) atoms. The molecule has 0 spiro atoms. The molecule has 1 N–H and O–H groups in total. The van der Waals surface area contributed by atoms with E-state index in [0.29, 0.717) is 0 Å². The third kappa shape index (κ3) is 2.65. The molecule has 1 aromatic heterocycles. The Bertz CT molecular complexity index is 686. The van der Waals surface area contributed by atoms with Crippen molar-refractivity contribution in [2.75, 3.05) is 0 Å². The number of aromatic nitrogens is 2. The zero-order valence-corrected chi connectivity index (χ0v) is 12.0. The van der Waals surface area contributed by atoms with Gasteiger partial charge in [0.2, 0.25) is 0 Å². The number of aryl methyl sites for hydroxylation is 1. The van der Waals surface area contributed by atoms with Gasteiger partial charge >= 0.3 is 11.9 Å². The minimum absolute atomic E-state index is 0.00524. The second-order valence-corrected chi connectivity index (χ2v) is 4.98. The van der Waals surface area contributed by atoms with Crippen LogP contribution in [0.1, 0.15) is 25.1 Å². The number of rotatable bonds is 3. The van der Waals surface area contributed by atoms with E-state index in [1.54, 1.807) is 0 Å². The number of aliphatic hydroxyl groups is 1. The normalized spacial score (nSPS) is 22.4. The number of carbonyl (C=O) groups excluding carboxylic acids is 1. The van der Waals surface area contributed by atoms with E-state index in [-0.39, 0.29) is 16.4 Å². The van der Waals surface area contributed by atoms with E-state index in [1.165, 1.54) is 13.8 Å². The first-order valence-corrected chi connectivity index (χ1v) is 6.35. The van der Waals surface area contributed by atoms with Crippen LogP contribution in [0, 0.1) is 17.0 Å². The van der Waals surface area contributed by atoms with E-state index in [0.717, 1.165) is 17.1 Å².